The van der Waals surface area contributed by atoms with Crippen LogP contribution in [0.15, 0.2) is 11.6 Å². The molecule has 2 rings (SSSR count). The van der Waals surface area contributed by atoms with Crippen LogP contribution in [0.2, 0.25) is 0 Å². The molecule has 2 unspecified atom stereocenters. The molecule has 1 saturated heterocycles. The van der Waals surface area contributed by atoms with Crippen molar-refractivity contribution in [1.82, 2.24) is 9.96 Å². The smallest absolute Gasteiger partial charge is 0.322 e. The van der Waals surface area contributed by atoms with E-state index in [2.05, 4.69) is 9.08 Å². The summed E-state index contributed by atoms with van der Waals surface area (Å²) >= 11 is -1.74. The molecule has 2 aliphatic heterocycles. The fourth-order valence-electron chi connectivity index (χ4n) is 2.13. The second-order valence-electron chi connectivity index (χ2n) is 3.95. The average Bonchev–Trinajstić information content (AvgIpc) is 2.64. The first-order chi connectivity index (χ1) is 7.65. The zero-order valence-electron chi connectivity index (χ0n) is 9.33. The van der Waals surface area contributed by atoms with E-state index in [9.17, 15) is 9.32 Å². The highest BCUT2D eigenvalue weighted by molar-refractivity contribution is 7.75. The molecule has 0 aromatic carbocycles. The fraction of sp³-hybridized carbons (Fsp3) is 0.778. The van der Waals surface area contributed by atoms with Gasteiger partial charge in [-0.1, -0.05) is 11.6 Å². The molecule has 1 N–H and O–H groups in total. The zero-order chi connectivity index (χ0) is 11.7. The standard InChI is InChI=1S/C9H16N2O4S/c1-7-3-8(5-12)10-4-9(7)11(6-10)15-16(13)14-2/h3,8-9,12H,4-6H2,1-2H3/t8-,9+,16?/m0/s1. The van der Waals surface area contributed by atoms with Gasteiger partial charge in [-0.05, 0) is 6.92 Å². The summed E-state index contributed by atoms with van der Waals surface area (Å²) in [6.45, 7) is 3.39. The SMILES string of the molecule is COS(=O)ON1CN2C[C@@H]1C(C)=C[C@H]2CO. The van der Waals surface area contributed by atoms with Gasteiger partial charge in [-0.15, -0.1) is 5.06 Å². The summed E-state index contributed by atoms with van der Waals surface area (Å²) in [4.78, 5) is 2.07. The molecule has 92 valence electrons. The highest BCUT2D eigenvalue weighted by Crippen LogP contribution is 2.28. The molecule has 0 aliphatic carbocycles. The topological polar surface area (TPSA) is 62.2 Å². The van der Waals surface area contributed by atoms with E-state index in [1.807, 2.05) is 13.0 Å². The molecule has 0 amide bonds. The first-order valence-corrected chi connectivity index (χ1v) is 6.10. The monoisotopic (exact) mass is 248 g/mol. The molecule has 0 aromatic rings. The third-order valence-corrected chi connectivity index (χ3v) is 3.59. The van der Waals surface area contributed by atoms with Crippen molar-refractivity contribution in [2.75, 3.05) is 26.9 Å². The normalized spacial score (nSPS) is 36.2. The second-order valence-corrected chi connectivity index (χ2v) is 4.84. The Kier molecular flexibility index (Phi) is 3.73. The van der Waals surface area contributed by atoms with Gasteiger partial charge in [0.15, 0.2) is 0 Å². The van der Waals surface area contributed by atoms with Crippen molar-refractivity contribution >= 4 is 11.4 Å². The first kappa shape index (κ1) is 12.2. The molecule has 1 fully saturated rings. The predicted molar refractivity (Wildman–Crippen MR) is 58.1 cm³/mol. The number of aliphatic hydroxyl groups is 1. The predicted octanol–water partition coefficient (Wildman–Crippen LogP) is -0.592. The van der Waals surface area contributed by atoms with Gasteiger partial charge < -0.3 is 5.11 Å². The van der Waals surface area contributed by atoms with Crippen molar-refractivity contribution in [3.8, 4) is 0 Å². The van der Waals surface area contributed by atoms with E-state index in [1.54, 1.807) is 5.06 Å². The van der Waals surface area contributed by atoms with Gasteiger partial charge in [-0.2, -0.15) is 8.49 Å². The largest absolute Gasteiger partial charge is 0.394 e. The molecule has 0 radical (unpaired) electrons. The number of rotatable bonds is 4. The van der Waals surface area contributed by atoms with Crippen molar-refractivity contribution < 1.29 is 17.8 Å². The minimum atomic E-state index is -1.74. The van der Waals surface area contributed by atoms with Gasteiger partial charge >= 0.3 is 11.4 Å². The van der Waals surface area contributed by atoms with Gasteiger partial charge in [-0.25, -0.2) is 0 Å². The van der Waals surface area contributed by atoms with Crippen molar-refractivity contribution in [2.45, 2.75) is 19.0 Å². The van der Waals surface area contributed by atoms with Gasteiger partial charge in [0, 0.05) is 6.54 Å². The Labute approximate surface area is 97.2 Å². The van der Waals surface area contributed by atoms with Crippen LogP contribution in [0.1, 0.15) is 6.92 Å². The Morgan fingerprint density at radius 3 is 3.06 bits per heavy atom. The van der Waals surface area contributed by atoms with Crippen molar-refractivity contribution in [1.29, 1.82) is 0 Å². The number of aliphatic hydroxyl groups excluding tert-OH is 1. The summed E-state index contributed by atoms with van der Waals surface area (Å²) < 4.78 is 20.9. The number of fused-ring (bicyclic) bond motifs is 2. The molecule has 6 nitrogen and oxygen atoms in total. The molecule has 0 spiro atoms. The van der Waals surface area contributed by atoms with Crippen LogP contribution in [-0.4, -0.2) is 58.3 Å². The molecule has 0 saturated carbocycles. The summed E-state index contributed by atoms with van der Waals surface area (Å²) in [6.07, 6.45) is 2.02. The van der Waals surface area contributed by atoms with Gasteiger partial charge in [0.25, 0.3) is 0 Å². The minimum Gasteiger partial charge on any atom is -0.394 e. The maximum Gasteiger partial charge on any atom is 0.322 e. The molecule has 0 aromatic heterocycles. The van der Waals surface area contributed by atoms with Gasteiger partial charge in [0.05, 0.1) is 32.5 Å². The second kappa shape index (κ2) is 4.91. The van der Waals surface area contributed by atoms with Crippen LogP contribution in [0, 0.1) is 0 Å². The minimum absolute atomic E-state index is 0.0285. The zero-order valence-corrected chi connectivity index (χ0v) is 10.1. The molecule has 2 heterocycles. The summed E-state index contributed by atoms with van der Waals surface area (Å²) in [6, 6.07) is 0.128. The van der Waals surface area contributed by atoms with Crippen LogP contribution in [0.25, 0.3) is 0 Å². The van der Waals surface area contributed by atoms with E-state index in [0.29, 0.717) is 6.67 Å². The number of hydrogen-bond donors (Lipinski definition) is 1. The third-order valence-electron chi connectivity index (χ3n) is 3.01. The fourth-order valence-corrected chi connectivity index (χ4v) is 2.50. The lowest BCUT2D eigenvalue weighted by Gasteiger charge is -2.27. The average molecular weight is 248 g/mol. The Morgan fingerprint density at radius 1 is 1.69 bits per heavy atom. The van der Waals surface area contributed by atoms with E-state index in [-0.39, 0.29) is 18.7 Å². The molecule has 2 aliphatic rings. The lowest BCUT2D eigenvalue weighted by Crippen LogP contribution is -2.38. The summed E-state index contributed by atoms with van der Waals surface area (Å²) in [5.74, 6) is 0. The molecule has 4 atom stereocenters. The van der Waals surface area contributed by atoms with E-state index in [0.717, 1.165) is 12.1 Å². The highest BCUT2D eigenvalue weighted by Gasteiger charge is 2.40. The van der Waals surface area contributed by atoms with Crippen LogP contribution in [-0.2, 0) is 19.8 Å². The van der Waals surface area contributed by atoms with Crippen molar-refractivity contribution in [3.63, 3.8) is 0 Å². The quantitative estimate of drug-likeness (QED) is 0.671. The third kappa shape index (κ3) is 2.20. The Balaban J connectivity index is 2.07. The maximum atomic E-state index is 11.2. The first-order valence-electron chi connectivity index (χ1n) is 5.10. The summed E-state index contributed by atoms with van der Waals surface area (Å²) in [5.41, 5.74) is 1.13. The van der Waals surface area contributed by atoms with Gasteiger partial charge in [0.1, 0.15) is 0 Å². The Hall–Kier alpha value is -0.310. The highest BCUT2D eigenvalue weighted by atomic mass is 32.2. The van der Waals surface area contributed by atoms with E-state index in [4.69, 9.17) is 4.28 Å². The number of nitrogens with zero attached hydrogens (tertiary/aromatic N) is 2. The molecule has 7 heteroatoms. The van der Waals surface area contributed by atoms with E-state index >= 15 is 0 Å². The van der Waals surface area contributed by atoms with Crippen LogP contribution in [0.5, 0.6) is 0 Å². The Bertz CT molecular complexity index is 323. The van der Waals surface area contributed by atoms with Crippen LogP contribution >= 0.6 is 0 Å². The Morgan fingerprint density at radius 2 is 2.44 bits per heavy atom. The number of hydrogen-bond acceptors (Lipinski definition) is 6. The van der Waals surface area contributed by atoms with E-state index < -0.39 is 11.4 Å². The molecule has 16 heavy (non-hydrogen) atoms. The lowest BCUT2D eigenvalue weighted by molar-refractivity contribution is -0.0652. The van der Waals surface area contributed by atoms with Crippen molar-refractivity contribution in [2.24, 2.45) is 0 Å². The summed E-state index contributed by atoms with van der Waals surface area (Å²) in [7, 11) is 1.33. The summed E-state index contributed by atoms with van der Waals surface area (Å²) in [5, 5.41) is 10.9. The van der Waals surface area contributed by atoms with Crippen LogP contribution < -0.4 is 0 Å². The molecular weight excluding hydrogens is 232 g/mol. The van der Waals surface area contributed by atoms with Crippen LogP contribution in [0.4, 0.5) is 0 Å². The van der Waals surface area contributed by atoms with Crippen LogP contribution in [0.3, 0.4) is 0 Å². The maximum absolute atomic E-state index is 11.2. The number of hydroxylamine groups is 2. The lowest BCUT2D eigenvalue weighted by atomic mass is 10.0. The molecule has 2 bridgehead atoms. The van der Waals surface area contributed by atoms with E-state index in [1.165, 1.54) is 7.11 Å². The van der Waals surface area contributed by atoms with Gasteiger partial charge in [-0.3, -0.25) is 9.08 Å². The van der Waals surface area contributed by atoms with Crippen molar-refractivity contribution in [3.05, 3.63) is 11.6 Å². The van der Waals surface area contributed by atoms with Gasteiger partial charge in [0.2, 0.25) is 0 Å². The molecular formula is C9H16N2O4S.